The first-order valence-electron chi connectivity index (χ1n) is 7.60. The molecule has 0 fully saturated rings. The Kier molecular flexibility index (Phi) is 4.60. The van der Waals surface area contributed by atoms with E-state index in [2.05, 4.69) is 5.32 Å². The van der Waals surface area contributed by atoms with Crippen LogP contribution in [0.4, 0.5) is 10.5 Å². The number of carbonyl (C=O) groups excluding carboxylic acids is 1. The second kappa shape index (κ2) is 6.81. The maximum Gasteiger partial charge on any atom is 0.411 e. The van der Waals surface area contributed by atoms with E-state index in [1.54, 1.807) is 12.1 Å². The van der Waals surface area contributed by atoms with E-state index in [4.69, 9.17) is 4.74 Å². The molecule has 0 bridgehead atoms. The molecule has 1 aliphatic rings. The summed E-state index contributed by atoms with van der Waals surface area (Å²) >= 11 is 0. The fraction of sp³-hybridized carbons (Fsp3) is 0.278. The number of aliphatic hydroxyl groups is 2. The number of hydrogen-bond donors (Lipinski definition) is 3. The van der Waals surface area contributed by atoms with Crippen LogP contribution in [0.2, 0.25) is 0 Å². The lowest BCUT2D eigenvalue weighted by Crippen LogP contribution is -2.25. The summed E-state index contributed by atoms with van der Waals surface area (Å²) < 4.78 is 5.17. The number of ether oxygens (including phenoxy) is 1. The van der Waals surface area contributed by atoms with Crippen molar-refractivity contribution in [3.63, 3.8) is 0 Å². The molecule has 0 aliphatic heterocycles. The molecule has 0 aromatic heterocycles. The minimum Gasteiger partial charge on any atom is -0.444 e. The average Bonchev–Trinajstić information content (AvgIpc) is 2.57. The number of aryl methyl sites for hydroxylation is 1. The van der Waals surface area contributed by atoms with Crippen LogP contribution < -0.4 is 5.32 Å². The quantitative estimate of drug-likeness (QED) is 0.814. The molecular weight excluding hydrogens is 294 g/mol. The molecular formula is C18H19NO4. The monoisotopic (exact) mass is 313 g/mol. The third-order valence-electron chi connectivity index (χ3n) is 3.99. The minimum absolute atomic E-state index is 0.211. The third kappa shape index (κ3) is 3.70. The maximum atomic E-state index is 11.8. The van der Waals surface area contributed by atoms with Gasteiger partial charge in [0, 0.05) is 5.69 Å². The number of amides is 1. The minimum atomic E-state index is -0.863. The number of anilines is 1. The Labute approximate surface area is 134 Å². The van der Waals surface area contributed by atoms with Crippen molar-refractivity contribution in [1.82, 2.24) is 0 Å². The second-order valence-electron chi connectivity index (χ2n) is 5.65. The van der Waals surface area contributed by atoms with E-state index in [9.17, 15) is 15.0 Å². The number of benzene rings is 2. The molecule has 0 heterocycles. The standard InChI is InChI=1S/C18H19NO4/c20-16-9-6-13-10-14(7-8-15(13)17(16)21)19-18(22)23-11-12-4-2-1-3-5-12/h1-5,7-8,10,16-17,20-21H,6,9,11H2,(H,19,22). The van der Waals surface area contributed by atoms with Gasteiger partial charge in [0.05, 0.1) is 6.10 Å². The van der Waals surface area contributed by atoms with Crippen LogP contribution in [0.25, 0.3) is 0 Å². The van der Waals surface area contributed by atoms with Gasteiger partial charge in [-0.25, -0.2) is 4.79 Å². The summed E-state index contributed by atoms with van der Waals surface area (Å²) in [5, 5.41) is 22.3. The summed E-state index contributed by atoms with van der Waals surface area (Å²) in [5.41, 5.74) is 3.19. The van der Waals surface area contributed by atoms with Crippen LogP contribution >= 0.6 is 0 Å². The molecule has 1 amide bonds. The van der Waals surface area contributed by atoms with Gasteiger partial charge in [0.2, 0.25) is 0 Å². The van der Waals surface area contributed by atoms with E-state index in [1.807, 2.05) is 36.4 Å². The molecule has 2 unspecified atom stereocenters. The topological polar surface area (TPSA) is 78.8 Å². The summed E-state index contributed by atoms with van der Waals surface area (Å²) in [6, 6.07) is 14.7. The molecule has 2 aromatic carbocycles. The number of rotatable bonds is 3. The van der Waals surface area contributed by atoms with E-state index >= 15 is 0 Å². The Morgan fingerprint density at radius 3 is 2.74 bits per heavy atom. The number of carbonyl (C=O) groups is 1. The van der Waals surface area contributed by atoms with Crippen LogP contribution in [0.1, 0.15) is 29.2 Å². The Morgan fingerprint density at radius 1 is 1.17 bits per heavy atom. The number of aliphatic hydroxyl groups excluding tert-OH is 2. The Balaban J connectivity index is 1.61. The highest BCUT2D eigenvalue weighted by Crippen LogP contribution is 2.31. The van der Waals surface area contributed by atoms with E-state index in [1.165, 1.54) is 0 Å². The van der Waals surface area contributed by atoms with E-state index in [-0.39, 0.29) is 6.61 Å². The molecule has 2 aromatic rings. The van der Waals surface area contributed by atoms with Crippen molar-refractivity contribution in [3.8, 4) is 0 Å². The van der Waals surface area contributed by atoms with E-state index in [0.29, 0.717) is 24.1 Å². The number of fused-ring (bicyclic) bond motifs is 1. The molecule has 3 N–H and O–H groups in total. The molecule has 23 heavy (non-hydrogen) atoms. The zero-order valence-electron chi connectivity index (χ0n) is 12.6. The van der Waals surface area contributed by atoms with Gasteiger partial charge in [0.1, 0.15) is 12.7 Å². The van der Waals surface area contributed by atoms with Crippen molar-refractivity contribution in [2.24, 2.45) is 0 Å². The van der Waals surface area contributed by atoms with Gasteiger partial charge in [-0.15, -0.1) is 0 Å². The predicted octanol–water partition coefficient (Wildman–Crippen LogP) is 2.78. The van der Waals surface area contributed by atoms with Crippen molar-refractivity contribution in [2.75, 3.05) is 5.32 Å². The molecule has 1 aliphatic carbocycles. The first-order valence-corrected chi connectivity index (χ1v) is 7.60. The zero-order valence-corrected chi connectivity index (χ0v) is 12.6. The Morgan fingerprint density at radius 2 is 1.96 bits per heavy atom. The first kappa shape index (κ1) is 15.5. The molecule has 0 saturated carbocycles. The lowest BCUT2D eigenvalue weighted by molar-refractivity contribution is 0.00651. The summed E-state index contributed by atoms with van der Waals surface area (Å²) in [5.74, 6) is 0. The summed E-state index contributed by atoms with van der Waals surface area (Å²) in [7, 11) is 0. The fourth-order valence-electron chi connectivity index (χ4n) is 2.73. The van der Waals surface area contributed by atoms with Crippen LogP contribution in [0, 0.1) is 0 Å². The Bertz CT molecular complexity index is 687. The SMILES string of the molecule is O=C(Nc1ccc2c(c1)CCC(O)C2O)OCc1ccccc1. The van der Waals surface area contributed by atoms with Gasteiger partial charge in [-0.05, 0) is 41.7 Å². The normalized spacial score (nSPS) is 19.7. The van der Waals surface area contributed by atoms with Gasteiger partial charge in [-0.1, -0.05) is 36.4 Å². The number of nitrogens with one attached hydrogen (secondary N) is 1. The van der Waals surface area contributed by atoms with Gasteiger partial charge < -0.3 is 14.9 Å². The molecule has 3 rings (SSSR count). The lowest BCUT2D eigenvalue weighted by Gasteiger charge is -2.26. The van der Waals surface area contributed by atoms with Crippen LogP contribution in [0.15, 0.2) is 48.5 Å². The van der Waals surface area contributed by atoms with E-state index < -0.39 is 18.3 Å². The highest BCUT2D eigenvalue weighted by Gasteiger charge is 2.26. The van der Waals surface area contributed by atoms with Crippen molar-refractivity contribution in [3.05, 3.63) is 65.2 Å². The summed E-state index contributed by atoms with van der Waals surface area (Å²) in [4.78, 5) is 11.8. The largest absolute Gasteiger partial charge is 0.444 e. The summed E-state index contributed by atoms with van der Waals surface area (Å²) in [6.07, 6.45) is -0.932. The highest BCUT2D eigenvalue weighted by molar-refractivity contribution is 5.84. The molecule has 120 valence electrons. The van der Waals surface area contributed by atoms with Gasteiger partial charge in [-0.3, -0.25) is 5.32 Å². The van der Waals surface area contributed by atoms with Gasteiger partial charge in [0.15, 0.2) is 0 Å². The second-order valence-corrected chi connectivity index (χ2v) is 5.65. The third-order valence-corrected chi connectivity index (χ3v) is 3.99. The molecule has 0 spiro atoms. The van der Waals surface area contributed by atoms with Crippen LogP contribution in [-0.2, 0) is 17.8 Å². The van der Waals surface area contributed by atoms with Gasteiger partial charge >= 0.3 is 6.09 Å². The summed E-state index contributed by atoms with van der Waals surface area (Å²) in [6.45, 7) is 0.211. The predicted molar refractivity (Wildman–Crippen MR) is 86.0 cm³/mol. The van der Waals surface area contributed by atoms with Crippen molar-refractivity contribution >= 4 is 11.8 Å². The van der Waals surface area contributed by atoms with Crippen LogP contribution in [-0.4, -0.2) is 22.4 Å². The zero-order chi connectivity index (χ0) is 16.2. The maximum absolute atomic E-state index is 11.8. The van der Waals surface area contributed by atoms with Crippen molar-refractivity contribution < 1.29 is 19.7 Å². The lowest BCUT2D eigenvalue weighted by atomic mass is 9.87. The Hall–Kier alpha value is -2.37. The van der Waals surface area contributed by atoms with Crippen LogP contribution in [0.5, 0.6) is 0 Å². The molecule has 5 heteroatoms. The van der Waals surface area contributed by atoms with E-state index in [0.717, 1.165) is 11.1 Å². The average molecular weight is 313 g/mol. The first-order chi connectivity index (χ1) is 11.1. The number of hydrogen-bond acceptors (Lipinski definition) is 4. The fourth-order valence-corrected chi connectivity index (χ4v) is 2.73. The molecule has 5 nitrogen and oxygen atoms in total. The highest BCUT2D eigenvalue weighted by atomic mass is 16.5. The van der Waals surface area contributed by atoms with Gasteiger partial charge in [-0.2, -0.15) is 0 Å². The molecule has 0 radical (unpaired) electrons. The van der Waals surface area contributed by atoms with Crippen molar-refractivity contribution in [2.45, 2.75) is 31.7 Å². The molecule has 0 saturated heterocycles. The van der Waals surface area contributed by atoms with Crippen molar-refractivity contribution in [1.29, 1.82) is 0 Å². The van der Waals surface area contributed by atoms with Crippen LogP contribution in [0.3, 0.4) is 0 Å². The smallest absolute Gasteiger partial charge is 0.411 e. The van der Waals surface area contributed by atoms with Gasteiger partial charge in [0.25, 0.3) is 0 Å². The molecule has 2 atom stereocenters.